The largest absolute Gasteiger partial charge is 0.406 e. The average molecular weight is 275 g/mol. The van der Waals surface area contributed by atoms with Gasteiger partial charge in [-0.15, -0.1) is 0 Å². The van der Waals surface area contributed by atoms with Crippen LogP contribution in [-0.2, 0) is 0 Å². The van der Waals surface area contributed by atoms with Crippen LogP contribution in [0.5, 0.6) is 0 Å². The second kappa shape index (κ2) is 6.40. The molecule has 0 bridgehead atoms. The van der Waals surface area contributed by atoms with E-state index in [1.807, 2.05) is 6.92 Å². The molecule has 1 rings (SSSR count). The van der Waals surface area contributed by atoms with Crippen LogP contribution in [0.1, 0.15) is 23.8 Å². The van der Waals surface area contributed by atoms with Crippen LogP contribution in [-0.4, -0.2) is 42.1 Å². The smallest absolute Gasteiger partial charge is 0.384 e. The predicted molar refractivity (Wildman–Crippen MR) is 66.0 cm³/mol. The molecule has 0 saturated carbocycles. The van der Waals surface area contributed by atoms with Crippen LogP contribution in [0.15, 0.2) is 18.3 Å². The number of hydrogen-bond acceptors (Lipinski definition) is 3. The second-order valence-electron chi connectivity index (χ2n) is 4.14. The number of anilines is 1. The number of amides is 1. The Bertz CT molecular complexity index is 417. The van der Waals surface area contributed by atoms with Crippen LogP contribution in [0.4, 0.5) is 18.9 Å². The normalized spacial score (nSPS) is 11.2. The highest BCUT2D eigenvalue weighted by Gasteiger charge is 2.31. The molecule has 0 unspecified atom stereocenters. The van der Waals surface area contributed by atoms with Gasteiger partial charge in [-0.2, -0.15) is 13.2 Å². The van der Waals surface area contributed by atoms with Crippen molar-refractivity contribution in [3.8, 4) is 0 Å². The fourth-order valence-electron chi connectivity index (χ4n) is 1.43. The number of halogens is 3. The summed E-state index contributed by atoms with van der Waals surface area (Å²) in [5.41, 5.74) is 0.727. The molecule has 0 spiro atoms. The van der Waals surface area contributed by atoms with Crippen LogP contribution in [0.3, 0.4) is 0 Å². The highest BCUT2D eigenvalue weighted by atomic mass is 19.4. The summed E-state index contributed by atoms with van der Waals surface area (Å²) in [6.45, 7) is 1.48. The van der Waals surface area contributed by atoms with Gasteiger partial charge in [0.05, 0.1) is 11.9 Å². The van der Waals surface area contributed by atoms with Gasteiger partial charge in [0.25, 0.3) is 5.91 Å². The van der Waals surface area contributed by atoms with Crippen LogP contribution in [0.25, 0.3) is 0 Å². The highest BCUT2D eigenvalue weighted by Crippen LogP contribution is 2.17. The number of alkyl halides is 3. The van der Waals surface area contributed by atoms with Crippen molar-refractivity contribution in [1.82, 2.24) is 9.88 Å². The van der Waals surface area contributed by atoms with Gasteiger partial charge in [-0.25, -0.2) is 4.98 Å². The summed E-state index contributed by atoms with van der Waals surface area (Å²) in [7, 11) is 1.10. The fraction of sp³-hybridized carbons (Fsp3) is 0.500. The lowest BCUT2D eigenvalue weighted by Crippen LogP contribution is -2.36. The molecule has 1 aromatic heterocycles. The molecule has 0 radical (unpaired) electrons. The van der Waals surface area contributed by atoms with Crippen molar-refractivity contribution in [3.63, 3.8) is 0 Å². The maximum absolute atomic E-state index is 12.2. The van der Waals surface area contributed by atoms with E-state index in [1.54, 1.807) is 6.07 Å². The number of pyridine rings is 1. The van der Waals surface area contributed by atoms with Crippen LogP contribution < -0.4 is 5.32 Å². The van der Waals surface area contributed by atoms with Crippen molar-refractivity contribution in [3.05, 3.63) is 24.0 Å². The molecule has 19 heavy (non-hydrogen) atoms. The number of nitrogens with one attached hydrogen (secondary N) is 1. The van der Waals surface area contributed by atoms with E-state index in [1.165, 1.54) is 12.3 Å². The van der Waals surface area contributed by atoms with Crippen molar-refractivity contribution in [2.45, 2.75) is 19.5 Å². The van der Waals surface area contributed by atoms with Gasteiger partial charge >= 0.3 is 6.18 Å². The molecule has 1 heterocycles. The number of hydrogen-bond donors (Lipinski definition) is 1. The van der Waals surface area contributed by atoms with Crippen LogP contribution in [0.2, 0.25) is 0 Å². The zero-order valence-corrected chi connectivity index (χ0v) is 10.8. The lowest BCUT2D eigenvalue weighted by atomic mass is 10.3. The first kappa shape index (κ1) is 15.3. The Balaban J connectivity index is 2.67. The zero-order chi connectivity index (χ0) is 14.5. The number of carbonyl (C=O) groups excluding carboxylic acids is 1. The minimum Gasteiger partial charge on any atom is -0.384 e. The Morgan fingerprint density at radius 2 is 2.11 bits per heavy atom. The third kappa shape index (κ3) is 5.15. The van der Waals surface area contributed by atoms with Gasteiger partial charge in [0.2, 0.25) is 0 Å². The predicted octanol–water partition coefficient (Wildman–Crippen LogP) is 2.54. The lowest BCUT2D eigenvalue weighted by molar-refractivity contribution is -0.138. The molecule has 4 nitrogen and oxygen atoms in total. The number of rotatable bonds is 5. The van der Waals surface area contributed by atoms with E-state index in [4.69, 9.17) is 0 Å². The van der Waals surface area contributed by atoms with Crippen molar-refractivity contribution < 1.29 is 18.0 Å². The Morgan fingerprint density at radius 1 is 1.42 bits per heavy atom. The molecule has 0 aliphatic heterocycles. The molecule has 1 aromatic rings. The summed E-state index contributed by atoms with van der Waals surface area (Å²) < 4.78 is 36.5. The topological polar surface area (TPSA) is 45.2 Å². The zero-order valence-electron chi connectivity index (χ0n) is 10.8. The monoisotopic (exact) mass is 275 g/mol. The van der Waals surface area contributed by atoms with Crippen molar-refractivity contribution in [1.29, 1.82) is 0 Å². The van der Waals surface area contributed by atoms with Gasteiger partial charge in [0.15, 0.2) is 0 Å². The molecule has 0 aliphatic rings. The fourth-order valence-corrected chi connectivity index (χ4v) is 1.43. The lowest BCUT2D eigenvalue weighted by Gasteiger charge is -2.18. The van der Waals surface area contributed by atoms with Gasteiger partial charge in [-0.3, -0.25) is 4.79 Å². The van der Waals surface area contributed by atoms with Crippen molar-refractivity contribution >= 4 is 11.6 Å². The quantitative estimate of drug-likeness (QED) is 0.898. The Kier molecular flexibility index (Phi) is 5.14. The first-order valence-electron chi connectivity index (χ1n) is 5.85. The Labute approximate surface area is 109 Å². The van der Waals surface area contributed by atoms with Gasteiger partial charge in [-0.05, 0) is 18.6 Å². The SMILES string of the molecule is CCCNc1ccc(C(=O)N(C)CC(F)(F)F)nc1. The summed E-state index contributed by atoms with van der Waals surface area (Å²) >= 11 is 0. The highest BCUT2D eigenvalue weighted by molar-refractivity contribution is 5.92. The molecule has 0 saturated heterocycles. The molecule has 0 fully saturated rings. The van der Waals surface area contributed by atoms with Crippen molar-refractivity contribution in [2.75, 3.05) is 25.5 Å². The van der Waals surface area contributed by atoms with E-state index in [-0.39, 0.29) is 5.69 Å². The molecule has 1 N–H and O–H groups in total. The van der Waals surface area contributed by atoms with E-state index < -0.39 is 18.6 Å². The minimum atomic E-state index is -4.41. The first-order valence-corrected chi connectivity index (χ1v) is 5.85. The summed E-state index contributed by atoms with van der Waals surface area (Å²) in [5, 5.41) is 3.06. The molecule has 0 atom stereocenters. The third-order valence-electron chi connectivity index (χ3n) is 2.32. The molecule has 0 aromatic carbocycles. The van der Waals surface area contributed by atoms with Gasteiger partial charge in [0, 0.05) is 13.6 Å². The van der Waals surface area contributed by atoms with E-state index in [0.29, 0.717) is 4.90 Å². The van der Waals surface area contributed by atoms with Gasteiger partial charge in [0.1, 0.15) is 12.2 Å². The van der Waals surface area contributed by atoms with Gasteiger partial charge in [-0.1, -0.05) is 6.92 Å². The van der Waals surface area contributed by atoms with E-state index in [9.17, 15) is 18.0 Å². The summed E-state index contributed by atoms with van der Waals surface area (Å²) in [5.74, 6) is -0.751. The number of aromatic nitrogens is 1. The van der Waals surface area contributed by atoms with E-state index in [2.05, 4.69) is 10.3 Å². The molecular formula is C12H16F3N3O. The molecule has 7 heteroatoms. The Hall–Kier alpha value is -1.79. The van der Waals surface area contributed by atoms with Gasteiger partial charge < -0.3 is 10.2 Å². The minimum absolute atomic E-state index is 0.00574. The maximum atomic E-state index is 12.2. The van der Waals surface area contributed by atoms with Crippen LogP contribution >= 0.6 is 0 Å². The summed E-state index contributed by atoms with van der Waals surface area (Å²) in [6.07, 6.45) is -2.04. The average Bonchev–Trinajstić information content (AvgIpc) is 2.34. The maximum Gasteiger partial charge on any atom is 0.406 e. The third-order valence-corrected chi connectivity index (χ3v) is 2.32. The summed E-state index contributed by atoms with van der Waals surface area (Å²) in [6, 6.07) is 3.03. The molecule has 0 aliphatic carbocycles. The molecule has 1 amide bonds. The van der Waals surface area contributed by atoms with Crippen molar-refractivity contribution in [2.24, 2.45) is 0 Å². The first-order chi connectivity index (χ1) is 8.83. The number of carbonyl (C=O) groups is 1. The summed E-state index contributed by atoms with van der Waals surface area (Å²) in [4.78, 5) is 16.2. The second-order valence-corrected chi connectivity index (χ2v) is 4.14. The van der Waals surface area contributed by atoms with E-state index in [0.717, 1.165) is 25.7 Å². The molecule has 106 valence electrons. The number of nitrogens with zero attached hydrogens (tertiary/aromatic N) is 2. The van der Waals surface area contributed by atoms with E-state index >= 15 is 0 Å². The molecular weight excluding hydrogens is 259 g/mol. The standard InChI is InChI=1S/C12H16F3N3O/c1-3-6-16-9-4-5-10(17-7-9)11(19)18(2)8-12(13,14)15/h4-5,7,16H,3,6,8H2,1-2H3. The van der Waals surface area contributed by atoms with Crippen LogP contribution in [0, 0.1) is 0 Å². The Morgan fingerprint density at radius 3 is 2.58 bits per heavy atom.